The molecular weight excluding hydrogens is 224 g/mol. The van der Waals surface area contributed by atoms with Crippen LogP contribution in [0.2, 0.25) is 0 Å². The number of benzene rings is 1. The lowest BCUT2D eigenvalue weighted by Gasteiger charge is -2.14. The van der Waals surface area contributed by atoms with E-state index in [1.807, 2.05) is 31.2 Å². The Morgan fingerprint density at radius 3 is 2.50 bits per heavy atom. The molecule has 0 aliphatic carbocycles. The molecule has 0 aromatic heterocycles. The molecule has 1 unspecified atom stereocenters. The minimum absolute atomic E-state index is 0.336. The molecule has 0 spiro atoms. The number of ether oxygens (including phenoxy) is 2. The number of carbonyl (C=O) groups is 1. The summed E-state index contributed by atoms with van der Waals surface area (Å²) in [5, 5.41) is 0. The summed E-state index contributed by atoms with van der Waals surface area (Å²) < 4.78 is 10.0. The Labute approximate surface area is 101 Å². The van der Waals surface area contributed by atoms with Gasteiger partial charge in [0.25, 0.3) is 0 Å². The fraction of sp³-hybridized carbons (Fsp3) is 0.417. The van der Waals surface area contributed by atoms with Crippen LogP contribution in [0, 0.1) is 0 Å². The molecule has 88 valence electrons. The lowest BCUT2D eigenvalue weighted by atomic mass is 10.1. The molecule has 0 aliphatic heterocycles. The predicted molar refractivity (Wildman–Crippen MR) is 64.8 cm³/mol. The highest BCUT2D eigenvalue weighted by Gasteiger charge is 2.19. The van der Waals surface area contributed by atoms with Crippen molar-refractivity contribution in [3.63, 3.8) is 0 Å². The number of thiol groups is 1. The standard InChI is InChI=1S/C12H16O3S/c1-3-15-11(12(13)14-2)8-9-4-6-10(16)7-5-9/h4-7,11,16H,3,8H2,1-2H3. The summed E-state index contributed by atoms with van der Waals surface area (Å²) in [5.41, 5.74) is 1.03. The quantitative estimate of drug-likeness (QED) is 0.632. The van der Waals surface area contributed by atoms with E-state index < -0.39 is 6.10 Å². The molecule has 0 aliphatic rings. The molecule has 0 saturated heterocycles. The lowest BCUT2D eigenvalue weighted by molar-refractivity contribution is -0.153. The van der Waals surface area contributed by atoms with Gasteiger partial charge in [0.15, 0.2) is 6.10 Å². The van der Waals surface area contributed by atoms with Gasteiger partial charge in [-0.25, -0.2) is 4.79 Å². The van der Waals surface area contributed by atoms with Crippen molar-refractivity contribution in [3.05, 3.63) is 29.8 Å². The average molecular weight is 240 g/mol. The van der Waals surface area contributed by atoms with E-state index in [-0.39, 0.29) is 5.97 Å². The summed E-state index contributed by atoms with van der Waals surface area (Å²) in [6, 6.07) is 7.63. The Morgan fingerprint density at radius 1 is 1.38 bits per heavy atom. The van der Waals surface area contributed by atoms with Crippen molar-refractivity contribution in [2.45, 2.75) is 24.3 Å². The molecule has 1 rings (SSSR count). The van der Waals surface area contributed by atoms with E-state index in [0.717, 1.165) is 10.5 Å². The van der Waals surface area contributed by atoms with Crippen LogP contribution in [-0.2, 0) is 20.7 Å². The minimum Gasteiger partial charge on any atom is -0.467 e. The molecule has 4 heteroatoms. The summed E-state index contributed by atoms with van der Waals surface area (Å²) >= 11 is 4.20. The van der Waals surface area contributed by atoms with Crippen LogP contribution in [0.1, 0.15) is 12.5 Å². The van der Waals surface area contributed by atoms with Crippen LogP contribution < -0.4 is 0 Å². The molecule has 0 heterocycles. The van der Waals surface area contributed by atoms with Crippen molar-refractivity contribution < 1.29 is 14.3 Å². The third kappa shape index (κ3) is 3.87. The first-order valence-electron chi connectivity index (χ1n) is 5.14. The highest BCUT2D eigenvalue weighted by Crippen LogP contribution is 2.11. The molecule has 0 fully saturated rings. The van der Waals surface area contributed by atoms with Crippen LogP contribution in [0.4, 0.5) is 0 Å². The van der Waals surface area contributed by atoms with Gasteiger partial charge in [-0.3, -0.25) is 0 Å². The Hall–Kier alpha value is -1.00. The van der Waals surface area contributed by atoms with E-state index in [1.165, 1.54) is 7.11 Å². The molecule has 3 nitrogen and oxygen atoms in total. The number of carbonyl (C=O) groups excluding carboxylic acids is 1. The van der Waals surface area contributed by atoms with Gasteiger partial charge in [-0.1, -0.05) is 12.1 Å². The van der Waals surface area contributed by atoms with Gasteiger partial charge in [0.1, 0.15) is 0 Å². The van der Waals surface area contributed by atoms with E-state index in [4.69, 9.17) is 4.74 Å². The normalized spacial score (nSPS) is 12.2. The van der Waals surface area contributed by atoms with Crippen LogP contribution in [0.15, 0.2) is 29.2 Å². The van der Waals surface area contributed by atoms with Gasteiger partial charge in [-0.15, -0.1) is 12.6 Å². The first-order valence-corrected chi connectivity index (χ1v) is 5.59. The SMILES string of the molecule is CCOC(Cc1ccc(S)cc1)C(=O)OC. The summed E-state index contributed by atoms with van der Waals surface area (Å²) in [5.74, 6) is -0.336. The Kier molecular flexibility index (Phi) is 5.35. The average Bonchev–Trinajstić information content (AvgIpc) is 2.30. The topological polar surface area (TPSA) is 35.5 Å². The number of hydrogen-bond donors (Lipinski definition) is 1. The van der Waals surface area contributed by atoms with E-state index in [0.29, 0.717) is 13.0 Å². The fourth-order valence-corrected chi connectivity index (χ4v) is 1.54. The molecule has 0 N–H and O–H groups in total. The van der Waals surface area contributed by atoms with Crippen molar-refractivity contribution in [1.29, 1.82) is 0 Å². The summed E-state index contributed by atoms with van der Waals surface area (Å²) in [6.45, 7) is 2.34. The van der Waals surface area contributed by atoms with Gasteiger partial charge < -0.3 is 9.47 Å². The summed E-state index contributed by atoms with van der Waals surface area (Å²) in [6.07, 6.45) is -0.00468. The third-order valence-corrected chi connectivity index (χ3v) is 2.49. The lowest BCUT2D eigenvalue weighted by Crippen LogP contribution is -2.28. The number of esters is 1. The van der Waals surface area contributed by atoms with E-state index in [2.05, 4.69) is 17.4 Å². The smallest absolute Gasteiger partial charge is 0.335 e. The second-order valence-corrected chi connectivity index (χ2v) is 3.85. The molecule has 0 bridgehead atoms. The summed E-state index contributed by atoms with van der Waals surface area (Å²) in [7, 11) is 1.37. The minimum atomic E-state index is -0.527. The van der Waals surface area contributed by atoms with Gasteiger partial charge in [0.2, 0.25) is 0 Å². The highest BCUT2D eigenvalue weighted by molar-refractivity contribution is 7.80. The van der Waals surface area contributed by atoms with Crippen molar-refractivity contribution in [1.82, 2.24) is 0 Å². The van der Waals surface area contributed by atoms with Crippen LogP contribution >= 0.6 is 12.6 Å². The molecule has 1 aromatic carbocycles. The van der Waals surface area contributed by atoms with E-state index in [9.17, 15) is 4.79 Å². The molecule has 0 radical (unpaired) electrons. The number of hydrogen-bond acceptors (Lipinski definition) is 4. The zero-order chi connectivity index (χ0) is 12.0. The summed E-state index contributed by atoms with van der Waals surface area (Å²) in [4.78, 5) is 12.3. The molecule has 0 amide bonds. The largest absolute Gasteiger partial charge is 0.467 e. The first kappa shape index (κ1) is 13.1. The van der Waals surface area contributed by atoms with Gasteiger partial charge in [0, 0.05) is 17.9 Å². The molecule has 0 saturated carbocycles. The van der Waals surface area contributed by atoms with Crippen molar-refractivity contribution in [3.8, 4) is 0 Å². The van der Waals surface area contributed by atoms with Crippen molar-refractivity contribution >= 4 is 18.6 Å². The maximum atomic E-state index is 11.4. The fourth-order valence-electron chi connectivity index (χ4n) is 1.39. The molecular formula is C12H16O3S. The van der Waals surface area contributed by atoms with Crippen LogP contribution in [0.25, 0.3) is 0 Å². The molecule has 1 aromatic rings. The Balaban J connectivity index is 2.67. The highest BCUT2D eigenvalue weighted by atomic mass is 32.1. The molecule has 1 atom stereocenters. The Morgan fingerprint density at radius 2 is 2.00 bits per heavy atom. The van der Waals surface area contributed by atoms with Gasteiger partial charge >= 0.3 is 5.97 Å². The number of rotatable bonds is 5. The van der Waals surface area contributed by atoms with Crippen LogP contribution in [-0.4, -0.2) is 25.8 Å². The van der Waals surface area contributed by atoms with Crippen molar-refractivity contribution in [2.24, 2.45) is 0 Å². The maximum Gasteiger partial charge on any atom is 0.335 e. The second-order valence-electron chi connectivity index (χ2n) is 3.34. The van der Waals surface area contributed by atoms with E-state index >= 15 is 0 Å². The van der Waals surface area contributed by atoms with Crippen LogP contribution in [0.3, 0.4) is 0 Å². The number of methoxy groups -OCH3 is 1. The zero-order valence-electron chi connectivity index (χ0n) is 9.47. The first-order chi connectivity index (χ1) is 7.67. The van der Waals surface area contributed by atoms with Gasteiger partial charge in [-0.05, 0) is 24.6 Å². The Bertz CT molecular complexity index is 335. The monoisotopic (exact) mass is 240 g/mol. The predicted octanol–water partition coefficient (Wildman–Crippen LogP) is 2.10. The zero-order valence-corrected chi connectivity index (χ0v) is 10.4. The van der Waals surface area contributed by atoms with E-state index in [1.54, 1.807) is 0 Å². The van der Waals surface area contributed by atoms with Gasteiger partial charge in [-0.2, -0.15) is 0 Å². The van der Waals surface area contributed by atoms with Crippen LogP contribution in [0.5, 0.6) is 0 Å². The third-order valence-electron chi connectivity index (χ3n) is 2.19. The second kappa shape index (κ2) is 6.55. The van der Waals surface area contributed by atoms with Gasteiger partial charge in [0.05, 0.1) is 7.11 Å². The molecule has 16 heavy (non-hydrogen) atoms. The maximum absolute atomic E-state index is 11.4. The van der Waals surface area contributed by atoms with Crippen molar-refractivity contribution in [2.75, 3.05) is 13.7 Å².